The fourth-order valence-corrected chi connectivity index (χ4v) is 10.5. The molecule has 4 fully saturated rings. The van der Waals surface area contributed by atoms with E-state index in [-0.39, 0.29) is 64.9 Å². The van der Waals surface area contributed by atoms with Gasteiger partial charge >= 0.3 is 5.97 Å². The van der Waals surface area contributed by atoms with Crippen molar-refractivity contribution in [3.63, 3.8) is 0 Å². The lowest BCUT2D eigenvalue weighted by molar-refractivity contribution is -0.635. The fourth-order valence-electron chi connectivity index (χ4n) is 10.5. The predicted molar refractivity (Wildman–Crippen MR) is 150 cm³/mol. The van der Waals surface area contributed by atoms with Crippen LogP contribution in [-0.2, 0) is 28.7 Å². The second-order valence-electron chi connectivity index (χ2n) is 14.8. The maximum atomic E-state index is 14.4. The molecule has 8 heteroatoms. The van der Waals surface area contributed by atoms with E-state index >= 15 is 0 Å². The number of Topliss-reactive ketones (excluding diaryl/α,β-unsaturated/α-hetero) is 1. The van der Waals surface area contributed by atoms with Crippen LogP contribution in [0.2, 0.25) is 0 Å². The number of aliphatic carboxylic acids is 1. The molecule has 1 spiro atoms. The first-order valence-corrected chi connectivity index (χ1v) is 15.3. The van der Waals surface area contributed by atoms with E-state index in [1.807, 2.05) is 6.92 Å². The van der Waals surface area contributed by atoms with Crippen molar-refractivity contribution < 1.29 is 38.3 Å². The minimum absolute atomic E-state index is 0.0800. The maximum absolute atomic E-state index is 14.4. The van der Waals surface area contributed by atoms with E-state index in [0.29, 0.717) is 5.92 Å². The van der Waals surface area contributed by atoms with Crippen LogP contribution < -0.4 is 5.11 Å². The van der Waals surface area contributed by atoms with Gasteiger partial charge in [0.05, 0.1) is 18.9 Å². The molecule has 0 aromatic heterocycles. The zero-order valence-electron chi connectivity index (χ0n) is 26.0. The Kier molecular flexibility index (Phi) is 7.24. The number of esters is 1. The number of carboxylic acids is 1. The molecule has 226 valence electrons. The Bertz CT molecular complexity index is 1250. The monoisotopic (exact) mass is 569 g/mol. The van der Waals surface area contributed by atoms with E-state index in [4.69, 9.17) is 19.4 Å². The third-order valence-electron chi connectivity index (χ3n) is 12.2. The minimum atomic E-state index is -1.08. The Hall–Kier alpha value is -2.35. The van der Waals surface area contributed by atoms with Crippen LogP contribution in [0.1, 0.15) is 93.4 Å². The first-order valence-electron chi connectivity index (χ1n) is 15.3. The van der Waals surface area contributed by atoms with Crippen LogP contribution in [0.5, 0.6) is 0 Å². The van der Waals surface area contributed by atoms with Gasteiger partial charge in [0.1, 0.15) is 11.9 Å². The van der Waals surface area contributed by atoms with Crippen LogP contribution in [0.4, 0.5) is 0 Å². The number of rotatable bonds is 2. The first-order chi connectivity index (χ1) is 19.0. The van der Waals surface area contributed by atoms with Gasteiger partial charge in [-0.3, -0.25) is 14.4 Å². The number of methoxy groups -OCH3 is 1. The average Bonchev–Trinajstić information content (AvgIpc) is 3.13. The molecule has 8 nitrogen and oxygen atoms in total. The third kappa shape index (κ3) is 4.29. The second-order valence-corrected chi connectivity index (χ2v) is 14.8. The number of carbonyl (C=O) groups is 4. The summed E-state index contributed by atoms with van der Waals surface area (Å²) in [5, 5.41) is 8.89. The molecule has 3 aliphatic carbocycles. The first kappa shape index (κ1) is 30.1. The SMILES string of the molecule is CC(=O)[O-].COC(=O)C[C@@]1(C)[C@H]2C(=O)[C@H](C)[C@@H]3C(=O)C=C(C)C[C@H]3[C@]2(C)CC2=[N+]3C[C@H]4C[C@H](C)C[C@]3(CC[C@]21C)O4. The lowest BCUT2D eigenvalue weighted by Crippen LogP contribution is -2.71. The van der Waals surface area contributed by atoms with Crippen LogP contribution in [0.25, 0.3) is 0 Å². The third-order valence-corrected chi connectivity index (χ3v) is 12.2. The van der Waals surface area contributed by atoms with Gasteiger partial charge in [0, 0.05) is 48.4 Å². The number of fused-ring (bicyclic) bond motifs is 5. The van der Waals surface area contributed by atoms with E-state index in [2.05, 4.69) is 39.2 Å². The maximum Gasteiger partial charge on any atom is 0.306 e. The summed E-state index contributed by atoms with van der Waals surface area (Å²) >= 11 is 0. The minimum Gasteiger partial charge on any atom is -0.550 e. The van der Waals surface area contributed by atoms with E-state index in [9.17, 15) is 14.4 Å². The Balaban J connectivity index is 0.000000794. The number of carboxylic acid groups (broad SMARTS) is 1. The largest absolute Gasteiger partial charge is 0.550 e. The summed E-state index contributed by atoms with van der Waals surface area (Å²) in [6.45, 7) is 15.0. The summed E-state index contributed by atoms with van der Waals surface area (Å²) < 4.78 is 14.6. The topological polar surface area (TPSA) is 113 Å². The van der Waals surface area contributed by atoms with Crippen molar-refractivity contribution >= 4 is 29.2 Å². The zero-order valence-corrected chi connectivity index (χ0v) is 26.0. The number of allylic oxidation sites excluding steroid dienone is 2. The van der Waals surface area contributed by atoms with Gasteiger partial charge in [-0.15, -0.1) is 0 Å². The fraction of sp³-hybridized carbons (Fsp3) is 0.788. The molecule has 6 aliphatic rings. The van der Waals surface area contributed by atoms with Crippen LogP contribution in [-0.4, -0.2) is 59.3 Å². The molecular formula is C33H47NO7. The zero-order chi connectivity index (χ0) is 30.3. The van der Waals surface area contributed by atoms with Crippen molar-refractivity contribution in [2.24, 2.45) is 45.8 Å². The van der Waals surface area contributed by atoms with Crippen molar-refractivity contribution in [2.45, 2.75) is 105 Å². The van der Waals surface area contributed by atoms with Crippen LogP contribution in [0.3, 0.4) is 0 Å². The Morgan fingerprint density at radius 3 is 2.46 bits per heavy atom. The molecular weight excluding hydrogens is 522 g/mol. The number of ketones is 2. The normalized spacial score (nSPS) is 46.2. The molecule has 3 aliphatic heterocycles. The lowest BCUT2D eigenvalue weighted by atomic mass is 9.35. The van der Waals surface area contributed by atoms with Gasteiger partial charge in [0.2, 0.25) is 0 Å². The van der Waals surface area contributed by atoms with Gasteiger partial charge in [0.25, 0.3) is 5.72 Å². The lowest BCUT2D eigenvalue weighted by Gasteiger charge is -2.66. The van der Waals surface area contributed by atoms with Gasteiger partial charge in [-0.1, -0.05) is 33.3 Å². The highest BCUT2D eigenvalue weighted by molar-refractivity contribution is 6.02. The Labute approximate surface area is 243 Å². The van der Waals surface area contributed by atoms with E-state index in [0.717, 1.165) is 57.6 Å². The standard InChI is InChI=1S/C31H44NO5.C2H4O2/c1-17-11-21-25(22(33)12-17)19(3)26(35)27-28(21,4)14-23-29(5,30(27,6)15-24(34)36-7)8-9-31-13-18(2)10-20(37-31)16-32(23)31;1-2(3)4/h12,18-21,25,27H,8-11,13-16H2,1-7H3;1H3,(H,3,4)/q+1;/p-1/t18-,19+,20+,21+,25-,27-,28-,29+,30-,31-;/m0./s1. The van der Waals surface area contributed by atoms with Gasteiger partial charge in [-0.2, -0.15) is 0 Å². The highest BCUT2D eigenvalue weighted by atomic mass is 16.5. The van der Waals surface area contributed by atoms with Crippen molar-refractivity contribution in [1.29, 1.82) is 0 Å². The number of carbonyl (C=O) groups excluding carboxylic acids is 4. The van der Waals surface area contributed by atoms with Gasteiger partial charge in [-0.25, -0.2) is 4.58 Å². The average molecular weight is 570 g/mol. The van der Waals surface area contributed by atoms with Gasteiger partial charge in [0.15, 0.2) is 18.0 Å². The quantitative estimate of drug-likeness (QED) is 0.370. The van der Waals surface area contributed by atoms with Crippen molar-refractivity contribution in [2.75, 3.05) is 13.7 Å². The molecule has 0 amide bonds. The highest BCUT2D eigenvalue weighted by Crippen LogP contribution is 2.70. The Morgan fingerprint density at radius 2 is 1.83 bits per heavy atom. The molecule has 41 heavy (non-hydrogen) atoms. The number of hydrogen-bond donors (Lipinski definition) is 0. The molecule has 0 radical (unpaired) electrons. The summed E-state index contributed by atoms with van der Waals surface area (Å²) in [5.41, 5.74) is 0.845. The summed E-state index contributed by atoms with van der Waals surface area (Å²) in [7, 11) is 1.45. The number of ether oxygens (including phenoxy) is 2. The summed E-state index contributed by atoms with van der Waals surface area (Å²) in [5.74, 6) is -1.29. The molecule has 0 N–H and O–H groups in total. The molecule has 0 aromatic carbocycles. The van der Waals surface area contributed by atoms with Gasteiger partial charge < -0.3 is 19.4 Å². The van der Waals surface area contributed by atoms with E-state index < -0.39 is 16.8 Å². The van der Waals surface area contributed by atoms with Crippen molar-refractivity contribution in [3.05, 3.63) is 11.6 Å². The number of nitrogens with zero attached hydrogens (tertiary/aromatic N) is 1. The van der Waals surface area contributed by atoms with Crippen molar-refractivity contribution in [1.82, 2.24) is 0 Å². The van der Waals surface area contributed by atoms with Crippen LogP contribution >= 0.6 is 0 Å². The number of hydrogen-bond acceptors (Lipinski definition) is 7. The predicted octanol–water partition coefficient (Wildman–Crippen LogP) is 3.49. The molecule has 0 aromatic rings. The van der Waals surface area contributed by atoms with E-state index in [1.165, 1.54) is 12.8 Å². The highest BCUT2D eigenvalue weighted by Gasteiger charge is 2.75. The Morgan fingerprint density at radius 1 is 1.17 bits per heavy atom. The smallest absolute Gasteiger partial charge is 0.306 e. The molecule has 2 saturated carbocycles. The molecule has 0 unspecified atom stereocenters. The van der Waals surface area contributed by atoms with Crippen molar-refractivity contribution in [3.8, 4) is 0 Å². The van der Waals surface area contributed by atoms with Crippen LogP contribution in [0.15, 0.2) is 11.6 Å². The second kappa shape index (κ2) is 9.85. The molecule has 3 heterocycles. The molecule has 10 atom stereocenters. The summed E-state index contributed by atoms with van der Waals surface area (Å²) in [6, 6.07) is 0. The molecule has 6 rings (SSSR count). The molecule has 2 bridgehead atoms. The summed E-state index contributed by atoms with van der Waals surface area (Å²) in [4.78, 5) is 49.8. The summed E-state index contributed by atoms with van der Waals surface area (Å²) in [6.07, 6.45) is 7.77. The van der Waals surface area contributed by atoms with Gasteiger partial charge in [-0.05, 0) is 63.4 Å². The molecule has 2 saturated heterocycles. The van der Waals surface area contributed by atoms with Crippen LogP contribution in [0, 0.1) is 45.8 Å². The van der Waals surface area contributed by atoms with E-state index in [1.54, 1.807) is 6.08 Å².